The Morgan fingerprint density at radius 3 is 2.61 bits per heavy atom. The van der Waals surface area contributed by atoms with E-state index in [-0.39, 0.29) is 11.3 Å². The van der Waals surface area contributed by atoms with Gasteiger partial charge in [-0.1, -0.05) is 49.8 Å². The molecule has 0 aromatic heterocycles. The third-order valence-electron chi connectivity index (χ3n) is 8.69. The highest BCUT2D eigenvalue weighted by Crippen LogP contribution is 2.59. The van der Waals surface area contributed by atoms with E-state index in [0.717, 1.165) is 57.4 Å². The van der Waals surface area contributed by atoms with Crippen LogP contribution in [-0.2, 0) is 16.8 Å². The van der Waals surface area contributed by atoms with E-state index >= 15 is 0 Å². The minimum Gasteiger partial charge on any atom is -0.338 e. The fourth-order valence-electron chi connectivity index (χ4n) is 6.59. The van der Waals surface area contributed by atoms with E-state index < -0.39 is 0 Å². The number of piperidine rings is 1. The molecule has 2 atom stereocenters. The van der Waals surface area contributed by atoms with Crippen LogP contribution in [0.1, 0.15) is 57.6 Å². The molecule has 2 bridgehead atoms. The van der Waals surface area contributed by atoms with E-state index in [4.69, 9.17) is 0 Å². The monoisotopic (exact) mass is 378 g/mol. The van der Waals surface area contributed by atoms with Crippen molar-refractivity contribution < 1.29 is 4.79 Å². The molecule has 1 spiro atoms. The molecule has 0 unspecified atom stereocenters. The first-order valence-corrected chi connectivity index (χ1v) is 11.1. The number of carbonyl (C=O) groups is 1. The van der Waals surface area contributed by atoms with Crippen molar-refractivity contribution in [3.63, 3.8) is 0 Å². The highest BCUT2D eigenvalue weighted by Gasteiger charge is 2.51. The summed E-state index contributed by atoms with van der Waals surface area (Å²) in [5.74, 6) is 1.94. The van der Waals surface area contributed by atoms with Gasteiger partial charge in [-0.3, -0.25) is 9.69 Å². The summed E-state index contributed by atoms with van der Waals surface area (Å²) in [5.41, 5.74) is 5.24. The van der Waals surface area contributed by atoms with Gasteiger partial charge in [0.1, 0.15) is 0 Å². The lowest BCUT2D eigenvalue weighted by atomic mass is 9.49. The zero-order valence-electron chi connectivity index (χ0n) is 17.7. The molecule has 2 heterocycles. The van der Waals surface area contributed by atoms with Crippen LogP contribution in [0.4, 0.5) is 0 Å². The third-order valence-corrected chi connectivity index (χ3v) is 8.69. The predicted octanol–water partition coefficient (Wildman–Crippen LogP) is 4.37. The molecule has 3 heteroatoms. The van der Waals surface area contributed by atoms with E-state index in [1.54, 1.807) is 12.5 Å². The fourth-order valence-corrected chi connectivity index (χ4v) is 6.59. The number of amides is 1. The van der Waals surface area contributed by atoms with Crippen LogP contribution < -0.4 is 0 Å². The van der Waals surface area contributed by atoms with Crippen molar-refractivity contribution in [2.75, 3.05) is 26.2 Å². The van der Waals surface area contributed by atoms with E-state index in [2.05, 4.69) is 54.0 Å². The minimum atomic E-state index is 0.152. The number of fused-ring (bicyclic) bond motifs is 3. The maximum absolute atomic E-state index is 12.2. The Balaban J connectivity index is 1.31. The maximum Gasteiger partial charge on any atom is 0.219 e. The van der Waals surface area contributed by atoms with E-state index in [9.17, 15) is 4.79 Å². The summed E-state index contributed by atoms with van der Waals surface area (Å²) in [6.07, 6.45) is 7.59. The van der Waals surface area contributed by atoms with Crippen molar-refractivity contribution in [1.82, 2.24) is 9.80 Å². The smallest absolute Gasteiger partial charge is 0.219 e. The van der Waals surface area contributed by atoms with Crippen molar-refractivity contribution in [1.29, 1.82) is 0 Å². The molecular weight excluding hydrogens is 344 g/mol. The summed E-state index contributed by atoms with van der Waals surface area (Å²) in [6.45, 7) is 11.8. The van der Waals surface area contributed by atoms with Gasteiger partial charge in [0.2, 0.25) is 5.91 Å². The highest BCUT2D eigenvalue weighted by molar-refractivity contribution is 5.74. The third kappa shape index (κ3) is 2.77. The summed E-state index contributed by atoms with van der Waals surface area (Å²) in [4.78, 5) is 16.9. The van der Waals surface area contributed by atoms with Gasteiger partial charge in [0.25, 0.3) is 0 Å². The summed E-state index contributed by atoms with van der Waals surface area (Å²) < 4.78 is 0. The molecule has 3 nitrogen and oxygen atoms in total. The number of nitrogens with zero attached hydrogens (tertiary/aromatic N) is 2. The normalized spacial score (nSPS) is 30.4. The SMILES string of the molecule is CC(=O)N1Cc2ccccc2C2(CCN(CC3=CC[C@@H]4C[C@@H]3C4(C)C)CC2)C1. The molecule has 6 rings (SSSR count). The molecule has 0 N–H and O–H groups in total. The minimum absolute atomic E-state index is 0.152. The molecule has 1 aromatic carbocycles. The Labute approximate surface area is 169 Å². The molecule has 1 saturated heterocycles. The quantitative estimate of drug-likeness (QED) is 0.713. The Morgan fingerprint density at radius 2 is 1.93 bits per heavy atom. The van der Waals surface area contributed by atoms with Crippen molar-refractivity contribution in [2.24, 2.45) is 17.3 Å². The van der Waals surface area contributed by atoms with Crippen molar-refractivity contribution in [3.8, 4) is 0 Å². The van der Waals surface area contributed by atoms with Gasteiger partial charge < -0.3 is 4.90 Å². The van der Waals surface area contributed by atoms with Crippen molar-refractivity contribution >= 4 is 5.91 Å². The largest absolute Gasteiger partial charge is 0.338 e. The number of hydrogen-bond acceptors (Lipinski definition) is 2. The average molecular weight is 379 g/mol. The number of rotatable bonds is 2. The average Bonchev–Trinajstić information content (AvgIpc) is 2.70. The summed E-state index contributed by atoms with van der Waals surface area (Å²) in [7, 11) is 0. The Hall–Kier alpha value is -1.61. The maximum atomic E-state index is 12.2. The lowest BCUT2D eigenvalue weighted by molar-refractivity contribution is -0.131. The second-order valence-corrected chi connectivity index (χ2v) is 10.4. The van der Waals surface area contributed by atoms with Crippen LogP contribution in [0.15, 0.2) is 35.9 Å². The van der Waals surface area contributed by atoms with Gasteiger partial charge in [-0.2, -0.15) is 0 Å². The highest BCUT2D eigenvalue weighted by atomic mass is 16.2. The molecule has 3 aliphatic carbocycles. The first-order valence-electron chi connectivity index (χ1n) is 11.1. The summed E-state index contributed by atoms with van der Waals surface area (Å²) in [5, 5.41) is 0. The number of likely N-dealkylation sites (tertiary alicyclic amines) is 1. The first kappa shape index (κ1) is 18.4. The Morgan fingerprint density at radius 1 is 1.18 bits per heavy atom. The molecular formula is C25H34N2O. The summed E-state index contributed by atoms with van der Waals surface area (Å²) >= 11 is 0. The van der Waals surface area contributed by atoms with Gasteiger partial charge in [0, 0.05) is 32.0 Å². The van der Waals surface area contributed by atoms with Crippen LogP contribution in [0.25, 0.3) is 0 Å². The lowest BCUT2D eigenvalue weighted by Crippen LogP contribution is -2.54. The van der Waals surface area contributed by atoms with Crippen LogP contribution >= 0.6 is 0 Å². The van der Waals surface area contributed by atoms with Gasteiger partial charge in [-0.15, -0.1) is 0 Å². The zero-order valence-corrected chi connectivity index (χ0v) is 17.7. The second kappa shape index (κ2) is 6.45. The van der Waals surface area contributed by atoms with Crippen molar-refractivity contribution in [3.05, 3.63) is 47.0 Å². The molecule has 1 amide bonds. The van der Waals surface area contributed by atoms with Gasteiger partial charge in [-0.05, 0) is 67.2 Å². The van der Waals surface area contributed by atoms with Gasteiger partial charge in [-0.25, -0.2) is 0 Å². The molecule has 2 aliphatic heterocycles. The standard InChI is InChI=1S/C25H34N2O/c1-18(28)27-16-19-6-4-5-7-22(19)25(17-27)10-12-26(13-11-25)15-20-8-9-21-14-23(20)24(21,2)3/h4-8,21,23H,9-17H2,1-3H3/t21-,23+/m1/s1. The second-order valence-electron chi connectivity index (χ2n) is 10.4. The van der Waals surface area contributed by atoms with E-state index in [0.29, 0.717) is 5.41 Å². The van der Waals surface area contributed by atoms with Crippen molar-refractivity contribution in [2.45, 2.75) is 58.4 Å². The number of benzene rings is 1. The van der Waals surface area contributed by atoms with Gasteiger partial charge in [0.05, 0.1) is 0 Å². The van der Waals surface area contributed by atoms with Gasteiger partial charge in [0.15, 0.2) is 0 Å². The van der Waals surface area contributed by atoms with E-state index in [1.165, 1.54) is 24.0 Å². The number of allylic oxidation sites excluding steroid dienone is 1. The summed E-state index contributed by atoms with van der Waals surface area (Å²) in [6, 6.07) is 8.84. The van der Waals surface area contributed by atoms with Crippen LogP contribution in [-0.4, -0.2) is 41.9 Å². The molecule has 0 radical (unpaired) electrons. The molecule has 28 heavy (non-hydrogen) atoms. The van der Waals surface area contributed by atoms with E-state index in [1.807, 2.05) is 0 Å². The molecule has 150 valence electrons. The van der Waals surface area contributed by atoms with Crippen LogP contribution in [0.3, 0.4) is 0 Å². The van der Waals surface area contributed by atoms with Crippen LogP contribution in [0.5, 0.6) is 0 Å². The molecule has 1 saturated carbocycles. The molecule has 2 fully saturated rings. The predicted molar refractivity (Wildman–Crippen MR) is 113 cm³/mol. The molecule has 5 aliphatic rings. The zero-order chi connectivity index (χ0) is 19.5. The first-order chi connectivity index (χ1) is 13.4. The number of hydrogen-bond donors (Lipinski definition) is 0. The Bertz CT molecular complexity index is 816. The Kier molecular flexibility index (Phi) is 4.24. The van der Waals surface area contributed by atoms with Gasteiger partial charge >= 0.3 is 0 Å². The fraction of sp³-hybridized carbons (Fsp3) is 0.640. The lowest BCUT2D eigenvalue weighted by Gasteiger charge is -2.57. The van der Waals surface area contributed by atoms with Crippen LogP contribution in [0, 0.1) is 17.3 Å². The van der Waals surface area contributed by atoms with Crippen LogP contribution in [0.2, 0.25) is 0 Å². The molecule has 1 aromatic rings. The topological polar surface area (TPSA) is 23.6 Å². The number of carbonyl (C=O) groups excluding carboxylic acids is 1.